The molecule has 0 atom stereocenters. The topological polar surface area (TPSA) is 144 Å². The van der Waals surface area contributed by atoms with Gasteiger partial charge in [0.2, 0.25) is 0 Å². The number of nitro groups is 1. The van der Waals surface area contributed by atoms with Crippen LogP contribution >= 0.6 is 0 Å². The molecule has 31 heavy (non-hydrogen) atoms. The molecule has 0 radical (unpaired) electrons. The maximum absolute atomic E-state index is 11.5. The van der Waals surface area contributed by atoms with Gasteiger partial charge in [0.15, 0.2) is 5.75 Å². The predicted molar refractivity (Wildman–Crippen MR) is 117 cm³/mol. The van der Waals surface area contributed by atoms with E-state index in [1.54, 1.807) is 31.2 Å². The molecule has 0 aliphatic heterocycles. The molecule has 2 aromatic carbocycles. The summed E-state index contributed by atoms with van der Waals surface area (Å²) in [4.78, 5) is 32.9. The van der Waals surface area contributed by atoms with Gasteiger partial charge in [0, 0.05) is 6.07 Å². The number of nitrogens with two attached hydrogens (primary N) is 1. The van der Waals surface area contributed by atoms with Crippen LogP contribution < -0.4 is 5.73 Å². The number of phenolic OH excluding ortho intramolecular Hbond substituents is 2. The number of nitrogen functional groups attached to an aromatic ring is 1. The summed E-state index contributed by atoms with van der Waals surface area (Å²) in [5.41, 5.74) is 6.30. The molecule has 0 bridgehead atoms. The fraction of sp³-hybridized carbons (Fsp3) is 0.391. The van der Waals surface area contributed by atoms with Crippen molar-refractivity contribution < 1.29 is 24.7 Å². The molecule has 2 aromatic rings. The second-order valence-corrected chi connectivity index (χ2v) is 8.01. The van der Waals surface area contributed by atoms with Crippen LogP contribution in [0.5, 0.6) is 11.5 Å². The van der Waals surface area contributed by atoms with E-state index in [-0.39, 0.29) is 41.6 Å². The number of phenols is 2. The van der Waals surface area contributed by atoms with E-state index in [0.717, 1.165) is 31.2 Å². The standard InChI is InChI=1S/C11H11NO4.C11H13NO2.CH4/c1-7(13)11(4-5-11)8-2-3-10(14)9(6-8)12(15)16;1-7(13)11(4-5-11)8-2-3-10(14)9(12)6-8;/h2-3,6,14H,4-5H2,1H3;2-3,6,14H,4-5,12H2,1H3;1H4. The van der Waals surface area contributed by atoms with E-state index in [2.05, 4.69) is 0 Å². The van der Waals surface area contributed by atoms with Crippen LogP contribution in [0.1, 0.15) is 58.1 Å². The first-order chi connectivity index (χ1) is 14.0. The number of benzene rings is 2. The van der Waals surface area contributed by atoms with E-state index in [1.807, 2.05) is 0 Å². The van der Waals surface area contributed by atoms with Crippen molar-refractivity contribution in [1.29, 1.82) is 0 Å². The van der Waals surface area contributed by atoms with Crippen LogP contribution in [-0.2, 0) is 20.4 Å². The van der Waals surface area contributed by atoms with E-state index in [1.165, 1.54) is 19.1 Å². The van der Waals surface area contributed by atoms with Crippen LogP contribution in [0.3, 0.4) is 0 Å². The van der Waals surface area contributed by atoms with E-state index >= 15 is 0 Å². The summed E-state index contributed by atoms with van der Waals surface area (Å²) in [5.74, 6) is -0.0868. The lowest BCUT2D eigenvalue weighted by molar-refractivity contribution is -0.385. The molecule has 4 rings (SSSR count). The fourth-order valence-electron chi connectivity index (χ4n) is 3.76. The molecule has 0 amide bonds. The molecular formula is C23H28N2O6. The van der Waals surface area contributed by atoms with Crippen LogP contribution in [0.15, 0.2) is 36.4 Å². The van der Waals surface area contributed by atoms with E-state index in [0.29, 0.717) is 11.3 Å². The molecule has 0 unspecified atom stereocenters. The zero-order valence-electron chi connectivity index (χ0n) is 16.8. The molecule has 0 aromatic heterocycles. The molecule has 2 fully saturated rings. The molecule has 2 saturated carbocycles. The van der Waals surface area contributed by atoms with Gasteiger partial charge in [-0.3, -0.25) is 19.7 Å². The maximum Gasteiger partial charge on any atom is 0.311 e. The van der Waals surface area contributed by atoms with Crippen LogP contribution in [0.25, 0.3) is 0 Å². The minimum Gasteiger partial charge on any atom is -0.506 e. The highest BCUT2D eigenvalue weighted by Gasteiger charge is 2.49. The van der Waals surface area contributed by atoms with E-state index in [9.17, 15) is 29.9 Å². The monoisotopic (exact) mass is 428 g/mol. The lowest BCUT2D eigenvalue weighted by Gasteiger charge is -2.12. The largest absolute Gasteiger partial charge is 0.506 e. The maximum atomic E-state index is 11.5. The minimum atomic E-state index is -0.644. The lowest BCUT2D eigenvalue weighted by atomic mass is 9.92. The van der Waals surface area contributed by atoms with Crippen LogP contribution in [0.2, 0.25) is 0 Å². The average Bonchev–Trinajstić information content (AvgIpc) is 3.58. The van der Waals surface area contributed by atoms with Crippen molar-refractivity contribution in [2.24, 2.45) is 0 Å². The summed E-state index contributed by atoms with van der Waals surface area (Å²) in [5, 5.41) is 29.2. The number of hydrogen-bond acceptors (Lipinski definition) is 7. The number of Topliss-reactive ketones (excluding diaryl/α,β-unsaturated/α-hetero) is 2. The predicted octanol–water partition coefficient (Wildman–Crippen LogP) is 4.15. The Hall–Kier alpha value is -3.42. The number of nitro benzene ring substituents is 1. The lowest BCUT2D eigenvalue weighted by Crippen LogP contribution is -2.16. The molecule has 8 nitrogen and oxygen atoms in total. The van der Waals surface area contributed by atoms with Gasteiger partial charge in [0.25, 0.3) is 0 Å². The molecule has 8 heteroatoms. The van der Waals surface area contributed by atoms with Crippen molar-refractivity contribution in [3.8, 4) is 11.5 Å². The summed E-state index contributed by atoms with van der Waals surface area (Å²) < 4.78 is 0. The highest BCUT2D eigenvalue weighted by atomic mass is 16.6. The van der Waals surface area contributed by atoms with E-state index < -0.39 is 10.3 Å². The van der Waals surface area contributed by atoms with Crippen molar-refractivity contribution in [2.75, 3.05) is 5.73 Å². The quantitative estimate of drug-likeness (QED) is 0.281. The number of aromatic hydroxyl groups is 2. The molecule has 0 heterocycles. The SMILES string of the molecule is C.CC(=O)C1(c2ccc(O)c(N)c2)CC1.CC(=O)C1(c2ccc(O)c([N+](=O)[O-])c2)CC1. The second-order valence-electron chi connectivity index (χ2n) is 8.01. The van der Waals surface area contributed by atoms with Gasteiger partial charge in [-0.25, -0.2) is 0 Å². The van der Waals surface area contributed by atoms with Gasteiger partial charge in [-0.1, -0.05) is 19.6 Å². The molecule has 0 saturated heterocycles. The summed E-state index contributed by atoms with van der Waals surface area (Å²) in [6, 6.07) is 9.18. The summed E-state index contributed by atoms with van der Waals surface area (Å²) >= 11 is 0. The number of rotatable bonds is 5. The first kappa shape index (κ1) is 23.9. The Morgan fingerprint density at radius 1 is 0.903 bits per heavy atom. The van der Waals surface area contributed by atoms with Gasteiger partial charge in [-0.2, -0.15) is 0 Å². The second kappa shape index (κ2) is 8.37. The third kappa shape index (κ3) is 4.38. The van der Waals surface area contributed by atoms with Gasteiger partial charge in [-0.05, 0) is 68.9 Å². The van der Waals surface area contributed by atoms with E-state index in [4.69, 9.17) is 5.73 Å². The number of ketones is 2. The average molecular weight is 428 g/mol. The summed E-state index contributed by atoms with van der Waals surface area (Å²) in [7, 11) is 0. The van der Waals surface area contributed by atoms with Gasteiger partial charge in [0.05, 0.1) is 21.4 Å². The Balaban J connectivity index is 0.000000215. The normalized spacial score (nSPS) is 16.7. The Bertz CT molecular complexity index is 1040. The Kier molecular flexibility index (Phi) is 6.44. The molecule has 4 N–H and O–H groups in total. The van der Waals surface area contributed by atoms with Crippen molar-refractivity contribution in [2.45, 2.75) is 57.8 Å². The zero-order valence-corrected chi connectivity index (χ0v) is 16.8. The Morgan fingerprint density at radius 3 is 1.68 bits per heavy atom. The number of hydrogen-bond donors (Lipinski definition) is 3. The summed E-state index contributed by atoms with van der Waals surface area (Å²) in [6.07, 6.45) is 3.24. The number of carbonyl (C=O) groups is 2. The van der Waals surface area contributed by atoms with Gasteiger partial charge < -0.3 is 15.9 Å². The Morgan fingerprint density at radius 2 is 1.32 bits per heavy atom. The molecule has 0 spiro atoms. The minimum absolute atomic E-state index is 0. The molecule has 2 aliphatic carbocycles. The zero-order chi connectivity index (χ0) is 22.3. The van der Waals surface area contributed by atoms with Gasteiger partial charge >= 0.3 is 5.69 Å². The Labute approximate surface area is 180 Å². The third-order valence-electron chi connectivity index (χ3n) is 6.15. The summed E-state index contributed by atoms with van der Waals surface area (Å²) in [6.45, 7) is 3.10. The van der Waals surface area contributed by atoms with Gasteiger partial charge in [-0.15, -0.1) is 0 Å². The first-order valence-electron chi connectivity index (χ1n) is 9.62. The number of anilines is 1. The van der Waals surface area contributed by atoms with Crippen LogP contribution in [0, 0.1) is 10.1 Å². The van der Waals surface area contributed by atoms with Crippen molar-refractivity contribution >= 4 is 22.9 Å². The first-order valence-corrected chi connectivity index (χ1v) is 9.62. The number of carbonyl (C=O) groups excluding carboxylic acids is 2. The van der Waals surface area contributed by atoms with Crippen LogP contribution in [0.4, 0.5) is 11.4 Å². The van der Waals surface area contributed by atoms with Crippen molar-refractivity contribution in [3.63, 3.8) is 0 Å². The van der Waals surface area contributed by atoms with Crippen molar-refractivity contribution in [1.82, 2.24) is 0 Å². The van der Waals surface area contributed by atoms with Gasteiger partial charge in [0.1, 0.15) is 17.3 Å². The smallest absolute Gasteiger partial charge is 0.311 e. The van der Waals surface area contributed by atoms with Crippen molar-refractivity contribution in [3.05, 3.63) is 57.6 Å². The van der Waals surface area contributed by atoms with Crippen LogP contribution in [-0.4, -0.2) is 26.7 Å². The highest BCUT2D eigenvalue weighted by Crippen LogP contribution is 2.51. The highest BCUT2D eigenvalue weighted by molar-refractivity contribution is 5.92. The molecule has 166 valence electrons. The number of nitrogens with zero attached hydrogens (tertiary/aromatic N) is 1. The fourth-order valence-corrected chi connectivity index (χ4v) is 3.76. The third-order valence-corrected chi connectivity index (χ3v) is 6.15. The molecular weight excluding hydrogens is 400 g/mol. The molecule has 2 aliphatic rings.